The van der Waals surface area contributed by atoms with Crippen LogP contribution in [0.3, 0.4) is 0 Å². The summed E-state index contributed by atoms with van der Waals surface area (Å²) in [5.74, 6) is 3.54. The summed E-state index contributed by atoms with van der Waals surface area (Å²) in [5.41, 5.74) is 4.37. The van der Waals surface area contributed by atoms with Gasteiger partial charge in [0.25, 0.3) is 0 Å². The molecular weight excluding hydrogens is 1010 g/mol. The second-order valence-corrected chi connectivity index (χ2v) is 44.2. The molecule has 6 unspecified atom stereocenters. The lowest BCUT2D eigenvalue weighted by molar-refractivity contribution is -0.154. The number of allylic oxidation sites excluding steroid dienone is 2. The van der Waals surface area contributed by atoms with E-state index < -0.39 is 27.8 Å². The van der Waals surface area contributed by atoms with Crippen molar-refractivity contribution in [3.8, 4) is 0 Å². The zero-order valence-corrected chi connectivity index (χ0v) is 57.9. The molecule has 9 rings (SSSR count). The molecule has 9 heteroatoms. The standard InChI is InChI=1S/C35H62O4Si.C35H62O3Si/c1-23(2)40(11,12)38-28-17-18-32(9)26(29(28,4)5)16-20-35-33(10)19-15-25(24(3)13-14-27(36)30(6,7)37)31(33,8)21-22-34(32,35)39-35;1-23(2)39(11,12)38-30-19-20-33(8)26-18-22-34(9)25(24(3)13-16-29(36)32(6,7)37)17-21-35(34,10)27(26)14-15-28(33)31(30,4)5/h23-26,28,37H,13-22H2,1-12H3;23-25,28,30,37H,13-22H2,1-12H3/t24?,25?,26-,28-,31+,32-,33+,34?,35?;24?,25?,28-,30-,33+,34+,35-/m00/s1. The fraction of sp³-hybridized carbons (Fsp3) is 0.943. The third-order valence-electron chi connectivity index (χ3n) is 28.8. The van der Waals surface area contributed by atoms with E-state index in [1.165, 1.54) is 96.3 Å². The Morgan fingerprint density at radius 3 is 1.52 bits per heavy atom. The minimum atomic E-state index is -1.73. The van der Waals surface area contributed by atoms with Crippen LogP contribution < -0.4 is 0 Å². The van der Waals surface area contributed by atoms with Crippen molar-refractivity contribution in [3.63, 3.8) is 0 Å². The fourth-order valence-corrected chi connectivity index (χ4v) is 24.6. The van der Waals surface area contributed by atoms with Gasteiger partial charge in [-0.2, -0.15) is 0 Å². The van der Waals surface area contributed by atoms with Crippen molar-refractivity contribution >= 4 is 28.2 Å². The summed E-state index contributed by atoms with van der Waals surface area (Å²) < 4.78 is 21.6. The average molecular weight is 1130 g/mol. The molecule has 7 fully saturated rings. The number of carbonyl (C=O) groups excluding carboxylic acids is 2. The van der Waals surface area contributed by atoms with Gasteiger partial charge in [0.2, 0.25) is 0 Å². The average Bonchev–Trinajstić information content (AvgIpc) is 2.60. The molecule has 0 radical (unpaired) electrons. The van der Waals surface area contributed by atoms with Crippen molar-refractivity contribution in [2.45, 2.75) is 339 Å². The lowest BCUT2D eigenvalue weighted by Gasteiger charge is -2.64. The normalized spacial score (nSPS) is 43.0. The highest BCUT2D eigenvalue weighted by Gasteiger charge is 2.90. The van der Waals surface area contributed by atoms with Crippen LogP contribution in [0, 0.1) is 78.8 Å². The van der Waals surface area contributed by atoms with Crippen LogP contribution in [0.4, 0.5) is 0 Å². The van der Waals surface area contributed by atoms with Crippen molar-refractivity contribution in [1.82, 2.24) is 0 Å². The van der Waals surface area contributed by atoms with Gasteiger partial charge in [-0.3, -0.25) is 9.59 Å². The van der Waals surface area contributed by atoms with Gasteiger partial charge in [0, 0.05) is 23.7 Å². The first-order valence-corrected chi connectivity index (χ1v) is 39.1. The van der Waals surface area contributed by atoms with Crippen LogP contribution in [0.2, 0.25) is 37.3 Å². The predicted octanol–water partition coefficient (Wildman–Crippen LogP) is 18.2. The molecule has 2 N–H and O–H groups in total. The highest BCUT2D eigenvalue weighted by atomic mass is 28.4. The van der Waals surface area contributed by atoms with E-state index in [1.807, 2.05) is 11.1 Å². The van der Waals surface area contributed by atoms with Gasteiger partial charge in [-0.1, -0.05) is 122 Å². The van der Waals surface area contributed by atoms with E-state index in [0.717, 1.165) is 19.3 Å². The molecule has 16 atom stereocenters. The number of ketones is 2. The van der Waals surface area contributed by atoms with E-state index in [9.17, 15) is 19.8 Å². The molecule has 1 heterocycles. The Morgan fingerprint density at radius 2 is 1.01 bits per heavy atom. The van der Waals surface area contributed by atoms with Gasteiger partial charge < -0.3 is 23.8 Å². The van der Waals surface area contributed by atoms with Crippen LogP contribution in [-0.2, 0) is 23.2 Å². The van der Waals surface area contributed by atoms with Crippen molar-refractivity contribution in [1.29, 1.82) is 0 Å². The summed E-state index contributed by atoms with van der Waals surface area (Å²) in [4.78, 5) is 25.0. The molecule has 6 saturated carbocycles. The van der Waals surface area contributed by atoms with Crippen LogP contribution in [0.1, 0.15) is 267 Å². The first-order chi connectivity index (χ1) is 35.9. The van der Waals surface area contributed by atoms with Gasteiger partial charge in [-0.25, -0.2) is 0 Å². The summed E-state index contributed by atoms with van der Waals surface area (Å²) in [5, 5.41) is 20.4. The number of epoxide rings is 1. The van der Waals surface area contributed by atoms with E-state index in [4.69, 9.17) is 13.6 Å². The molecule has 1 saturated heterocycles. The topological polar surface area (TPSA) is 106 Å². The maximum Gasteiger partial charge on any atom is 0.189 e. The Morgan fingerprint density at radius 1 is 0.532 bits per heavy atom. The summed E-state index contributed by atoms with van der Waals surface area (Å²) in [6, 6.07) is 0. The number of aliphatic hydroxyl groups is 2. The second-order valence-electron chi connectivity index (χ2n) is 35.0. The van der Waals surface area contributed by atoms with Crippen molar-refractivity contribution < 1.29 is 33.4 Å². The molecule has 0 aromatic rings. The molecule has 1 aliphatic heterocycles. The Labute approximate surface area is 487 Å². The predicted molar refractivity (Wildman–Crippen MR) is 332 cm³/mol. The molecule has 0 spiro atoms. The zero-order valence-electron chi connectivity index (χ0n) is 55.9. The number of fused-ring (bicyclic) bond motifs is 6. The van der Waals surface area contributed by atoms with Crippen LogP contribution in [0.5, 0.6) is 0 Å². The quantitative estimate of drug-likeness (QED) is 0.0901. The molecule has 454 valence electrons. The minimum Gasteiger partial charge on any atom is -0.414 e. The van der Waals surface area contributed by atoms with Crippen LogP contribution in [-0.4, -0.2) is 73.0 Å². The summed E-state index contributed by atoms with van der Waals surface area (Å²) in [6.07, 6.45) is 23.4. The SMILES string of the molecule is CC(CCC(=O)C(C)(C)O)C1CC[C@@]2(C)C34CC[C@H]5C(C)(C)[C@@H](O[Si](C)(C)C(C)C)CC[C@]5(C)C3(CC[C@]12C)O4.CC(CCC(=O)C(C)(C)O)C1CC[C@@]2(C)C3=C(CC[C@]12C)[C@@]1(C)CC[C@H](O[Si](C)(C)C(C)C)C(C)(C)[C@@H]1CC3. The van der Waals surface area contributed by atoms with Gasteiger partial charge in [-0.05, 0) is 249 Å². The Bertz CT molecular complexity index is 2340. The zero-order chi connectivity index (χ0) is 59.3. The lowest BCUT2D eigenvalue weighted by Crippen LogP contribution is -2.67. The Kier molecular flexibility index (Phi) is 16.7. The molecule has 9 aliphatic rings. The van der Waals surface area contributed by atoms with Crippen LogP contribution in [0.15, 0.2) is 11.1 Å². The number of rotatable bonds is 16. The third kappa shape index (κ3) is 9.73. The van der Waals surface area contributed by atoms with E-state index in [-0.39, 0.29) is 55.3 Å². The Balaban J connectivity index is 0.000000208. The van der Waals surface area contributed by atoms with E-state index in [2.05, 4.69) is 137 Å². The molecule has 0 aromatic carbocycles. The van der Waals surface area contributed by atoms with Gasteiger partial charge in [0.1, 0.15) is 22.4 Å². The first-order valence-electron chi connectivity index (χ1n) is 33.2. The molecule has 0 amide bonds. The molecule has 7 nitrogen and oxygen atoms in total. The Hall–Kier alpha value is -0.686. The van der Waals surface area contributed by atoms with Crippen molar-refractivity contribution in [2.75, 3.05) is 0 Å². The number of hydrogen-bond donors (Lipinski definition) is 2. The summed E-state index contributed by atoms with van der Waals surface area (Å²) in [7, 11) is -3.43. The molecule has 0 bridgehead atoms. The van der Waals surface area contributed by atoms with Gasteiger partial charge >= 0.3 is 0 Å². The lowest BCUT2D eigenvalue weighted by atomic mass is 9.38. The van der Waals surface area contributed by atoms with Crippen molar-refractivity contribution in [3.05, 3.63) is 11.1 Å². The molecule has 8 aliphatic carbocycles. The number of ether oxygens (including phenoxy) is 1. The number of hydrogen-bond acceptors (Lipinski definition) is 7. The van der Waals surface area contributed by atoms with Gasteiger partial charge in [0.05, 0.1) is 12.2 Å². The monoisotopic (exact) mass is 1130 g/mol. The molecule has 79 heavy (non-hydrogen) atoms. The maximum absolute atomic E-state index is 12.5. The first kappa shape index (κ1) is 64.3. The molecular formula is C70H124O7Si2. The second kappa shape index (κ2) is 20.5. The van der Waals surface area contributed by atoms with E-state index in [1.54, 1.807) is 27.7 Å². The van der Waals surface area contributed by atoms with Gasteiger partial charge in [-0.15, -0.1) is 0 Å². The molecule has 0 aromatic heterocycles. The van der Waals surface area contributed by atoms with Crippen molar-refractivity contribution in [2.24, 2.45) is 78.8 Å². The number of carbonyl (C=O) groups is 2. The van der Waals surface area contributed by atoms with E-state index in [0.29, 0.717) is 82.5 Å². The van der Waals surface area contributed by atoms with Gasteiger partial charge in [0.15, 0.2) is 28.2 Å². The maximum atomic E-state index is 12.5. The fourth-order valence-electron chi connectivity index (χ4n) is 21.7. The minimum absolute atomic E-state index is 0.00531. The smallest absolute Gasteiger partial charge is 0.189 e. The largest absolute Gasteiger partial charge is 0.414 e. The highest BCUT2D eigenvalue weighted by Crippen LogP contribution is 2.86. The third-order valence-corrected chi connectivity index (χ3v) is 36.2. The highest BCUT2D eigenvalue weighted by molar-refractivity contribution is 6.72. The summed E-state index contributed by atoms with van der Waals surface area (Å²) >= 11 is 0. The summed E-state index contributed by atoms with van der Waals surface area (Å²) in [6.45, 7) is 56.1. The van der Waals surface area contributed by atoms with Crippen LogP contribution >= 0.6 is 0 Å². The van der Waals surface area contributed by atoms with Crippen LogP contribution in [0.25, 0.3) is 0 Å². The van der Waals surface area contributed by atoms with E-state index >= 15 is 0 Å². The number of Topliss-reactive ketones (excluding diaryl/α,β-unsaturated/α-hetero) is 2.